The van der Waals surface area contributed by atoms with E-state index in [2.05, 4.69) is 32.0 Å². The highest BCUT2D eigenvalue weighted by molar-refractivity contribution is 5.36. The molecule has 0 saturated heterocycles. The second kappa shape index (κ2) is 4.71. The summed E-state index contributed by atoms with van der Waals surface area (Å²) >= 11 is 0. The second-order valence-corrected chi connectivity index (χ2v) is 4.50. The van der Waals surface area contributed by atoms with Gasteiger partial charge in [0.2, 0.25) is 0 Å². The number of aryl methyl sites for hydroxylation is 2. The molecule has 1 aromatic rings. The van der Waals surface area contributed by atoms with Crippen LogP contribution in [-0.4, -0.2) is 6.61 Å². The molecule has 0 aliphatic carbocycles. The van der Waals surface area contributed by atoms with Gasteiger partial charge in [-0.1, -0.05) is 23.8 Å². The van der Waals surface area contributed by atoms with Crippen LogP contribution in [0, 0.1) is 13.8 Å². The molecule has 1 aliphatic heterocycles. The van der Waals surface area contributed by atoms with Crippen molar-refractivity contribution in [1.82, 2.24) is 0 Å². The first-order chi connectivity index (χ1) is 7.68. The molecule has 2 heteroatoms. The van der Waals surface area contributed by atoms with Crippen LogP contribution in [-0.2, 0) is 4.74 Å². The predicted octanol–water partition coefficient (Wildman–Crippen LogP) is 3.00. The number of rotatable bonds is 2. The summed E-state index contributed by atoms with van der Waals surface area (Å²) in [6.45, 7) is 5.04. The summed E-state index contributed by atoms with van der Waals surface area (Å²) in [7, 11) is 0. The summed E-state index contributed by atoms with van der Waals surface area (Å²) in [5.74, 6) is 0. The first kappa shape index (κ1) is 11.2. The van der Waals surface area contributed by atoms with Gasteiger partial charge in [0.1, 0.15) is 0 Å². The molecule has 2 nitrogen and oxygen atoms in total. The molecule has 0 radical (unpaired) electrons. The summed E-state index contributed by atoms with van der Waals surface area (Å²) in [6, 6.07) is 6.41. The summed E-state index contributed by atoms with van der Waals surface area (Å²) in [5.41, 5.74) is 11.2. The van der Waals surface area contributed by atoms with E-state index in [0.29, 0.717) is 0 Å². The fourth-order valence-electron chi connectivity index (χ4n) is 2.19. The number of hydrogen-bond acceptors (Lipinski definition) is 2. The zero-order chi connectivity index (χ0) is 11.5. The minimum Gasteiger partial charge on any atom is -0.501 e. The van der Waals surface area contributed by atoms with Crippen molar-refractivity contribution in [1.29, 1.82) is 0 Å². The van der Waals surface area contributed by atoms with Gasteiger partial charge in [0, 0.05) is 0 Å². The Labute approximate surface area is 97.1 Å². The maximum atomic E-state index is 6.27. The third kappa shape index (κ3) is 2.27. The lowest BCUT2D eigenvalue weighted by Crippen LogP contribution is -2.17. The van der Waals surface area contributed by atoms with Gasteiger partial charge >= 0.3 is 0 Å². The van der Waals surface area contributed by atoms with Gasteiger partial charge in [-0.15, -0.1) is 0 Å². The topological polar surface area (TPSA) is 35.2 Å². The molecule has 1 heterocycles. The van der Waals surface area contributed by atoms with Crippen LogP contribution in [0.15, 0.2) is 30.0 Å². The van der Waals surface area contributed by atoms with Crippen molar-refractivity contribution in [3.8, 4) is 0 Å². The second-order valence-electron chi connectivity index (χ2n) is 4.50. The maximum Gasteiger partial charge on any atom is 0.0876 e. The maximum absolute atomic E-state index is 6.27. The Morgan fingerprint density at radius 1 is 1.31 bits per heavy atom. The normalized spacial score (nSPS) is 17.6. The predicted molar refractivity (Wildman–Crippen MR) is 66.1 cm³/mol. The third-order valence-electron chi connectivity index (χ3n) is 3.12. The number of ether oxygens (including phenoxy) is 1. The first-order valence-corrected chi connectivity index (χ1v) is 5.82. The quantitative estimate of drug-likeness (QED) is 0.826. The van der Waals surface area contributed by atoms with Crippen molar-refractivity contribution in [3.63, 3.8) is 0 Å². The van der Waals surface area contributed by atoms with Crippen LogP contribution in [0.3, 0.4) is 0 Å². The van der Waals surface area contributed by atoms with Crippen molar-refractivity contribution in [2.75, 3.05) is 6.61 Å². The van der Waals surface area contributed by atoms with Crippen LogP contribution in [0.1, 0.15) is 35.6 Å². The number of nitrogens with two attached hydrogens (primary N) is 1. The van der Waals surface area contributed by atoms with E-state index in [1.807, 2.05) is 6.26 Å². The standard InChI is InChI=1S/C14H19NO/c1-10-5-6-13(11(2)8-10)14(15)12-4-3-7-16-9-12/h5-6,8-9,14H,3-4,7,15H2,1-2H3. The van der Waals surface area contributed by atoms with E-state index in [4.69, 9.17) is 10.5 Å². The van der Waals surface area contributed by atoms with E-state index in [9.17, 15) is 0 Å². The summed E-state index contributed by atoms with van der Waals surface area (Å²) < 4.78 is 5.35. The number of hydrogen-bond donors (Lipinski definition) is 1. The Kier molecular flexibility index (Phi) is 3.30. The zero-order valence-corrected chi connectivity index (χ0v) is 9.99. The van der Waals surface area contributed by atoms with Crippen LogP contribution in [0.5, 0.6) is 0 Å². The monoisotopic (exact) mass is 217 g/mol. The largest absolute Gasteiger partial charge is 0.501 e. The van der Waals surface area contributed by atoms with Crippen molar-refractivity contribution in [3.05, 3.63) is 46.7 Å². The van der Waals surface area contributed by atoms with E-state index in [1.54, 1.807) is 0 Å². The molecule has 0 bridgehead atoms. The molecule has 2 rings (SSSR count). The van der Waals surface area contributed by atoms with Gasteiger partial charge < -0.3 is 10.5 Å². The smallest absolute Gasteiger partial charge is 0.0876 e. The van der Waals surface area contributed by atoms with Crippen molar-refractivity contribution in [2.24, 2.45) is 5.73 Å². The SMILES string of the molecule is Cc1ccc(C(N)C2=COCCC2)c(C)c1. The highest BCUT2D eigenvalue weighted by atomic mass is 16.5. The Hall–Kier alpha value is -1.28. The molecule has 0 fully saturated rings. The van der Waals surface area contributed by atoms with Crippen LogP contribution in [0.4, 0.5) is 0 Å². The minimum atomic E-state index is -0.0131. The first-order valence-electron chi connectivity index (χ1n) is 5.82. The Balaban J connectivity index is 2.26. The highest BCUT2D eigenvalue weighted by Gasteiger charge is 2.16. The van der Waals surface area contributed by atoms with E-state index >= 15 is 0 Å². The highest BCUT2D eigenvalue weighted by Crippen LogP contribution is 2.27. The Morgan fingerprint density at radius 3 is 2.75 bits per heavy atom. The Bertz CT molecular complexity index is 409. The molecule has 1 atom stereocenters. The average molecular weight is 217 g/mol. The van der Waals surface area contributed by atoms with E-state index in [0.717, 1.165) is 19.4 Å². The van der Waals surface area contributed by atoms with Crippen molar-refractivity contribution >= 4 is 0 Å². The Morgan fingerprint density at radius 2 is 2.12 bits per heavy atom. The van der Waals surface area contributed by atoms with Crippen LogP contribution >= 0.6 is 0 Å². The van der Waals surface area contributed by atoms with Gasteiger partial charge in [-0.3, -0.25) is 0 Å². The molecular weight excluding hydrogens is 198 g/mol. The molecule has 1 aromatic carbocycles. The van der Waals surface area contributed by atoms with Gasteiger partial charge in [-0.25, -0.2) is 0 Å². The molecule has 2 N–H and O–H groups in total. The van der Waals surface area contributed by atoms with Crippen molar-refractivity contribution < 1.29 is 4.74 Å². The molecule has 0 spiro atoms. The lowest BCUT2D eigenvalue weighted by Gasteiger charge is -2.21. The van der Waals surface area contributed by atoms with Crippen LogP contribution < -0.4 is 5.73 Å². The third-order valence-corrected chi connectivity index (χ3v) is 3.12. The van der Waals surface area contributed by atoms with Gasteiger partial charge in [0.25, 0.3) is 0 Å². The van der Waals surface area contributed by atoms with Crippen LogP contribution in [0.25, 0.3) is 0 Å². The molecule has 86 valence electrons. The summed E-state index contributed by atoms with van der Waals surface area (Å²) in [6.07, 6.45) is 3.96. The molecule has 1 unspecified atom stereocenters. The van der Waals surface area contributed by atoms with Gasteiger partial charge in [0.15, 0.2) is 0 Å². The van der Waals surface area contributed by atoms with E-state index in [1.165, 1.54) is 22.3 Å². The van der Waals surface area contributed by atoms with E-state index < -0.39 is 0 Å². The minimum absolute atomic E-state index is 0.0131. The average Bonchev–Trinajstić information content (AvgIpc) is 2.29. The van der Waals surface area contributed by atoms with Gasteiger partial charge in [-0.05, 0) is 43.4 Å². The molecule has 1 aliphatic rings. The zero-order valence-electron chi connectivity index (χ0n) is 9.99. The molecule has 0 saturated carbocycles. The molecule has 0 aromatic heterocycles. The fourth-order valence-corrected chi connectivity index (χ4v) is 2.19. The molecular formula is C14H19NO. The lowest BCUT2D eigenvalue weighted by molar-refractivity contribution is 0.221. The summed E-state index contributed by atoms with van der Waals surface area (Å²) in [5, 5.41) is 0. The lowest BCUT2D eigenvalue weighted by atomic mass is 9.92. The molecule has 16 heavy (non-hydrogen) atoms. The number of benzene rings is 1. The van der Waals surface area contributed by atoms with Gasteiger partial charge in [-0.2, -0.15) is 0 Å². The fraction of sp³-hybridized carbons (Fsp3) is 0.429. The van der Waals surface area contributed by atoms with Crippen LogP contribution in [0.2, 0.25) is 0 Å². The van der Waals surface area contributed by atoms with E-state index in [-0.39, 0.29) is 6.04 Å². The van der Waals surface area contributed by atoms with Crippen molar-refractivity contribution in [2.45, 2.75) is 32.7 Å². The molecule has 0 amide bonds. The van der Waals surface area contributed by atoms with Gasteiger partial charge in [0.05, 0.1) is 18.9 Å². The summed E-state index contributed by atoms with van der Waals surface area (Å²) in [4.78, 5) is 0.